The highest BCUT2D eigenvalue weighted by molar-refractivity contribution is 7.10. The molecule has 4 N–H and O–H groups in total. The normalized spacial score (nSPS) is 10.3. The highest BCUT2D eigenvalue weighted by Gasteiger charge is 2.10. The van der Waals surface area contributed by atoms with Crippen LogP contribution in [0.5, 0.6) is 11.5 Å². The molecular weight excluding hydrogens is 268 g/mol. The molecule has 19 heavy (non-hydrogen) atoms. The molecule has 2 rings (SSSR count). The standard InChI is InChI=1S/C11H14N4O3S/c1-17-10-4-7(5-16)2-3-9(10)18-6-8-11(13-12)19-15-14-8/h2-4,13,16H,5-6,12H2,1H3. The summed E-state index contributed by atoms with van der Waals surface area (Å²) in [4.78, 5) is 0. The van der Waals surface area contributed by atoms with Gasteiger partial charge in [-0.25, -0.2) is 5.84 Å². The van der Waals surface area contributed by atoms with Crippen molar-refractivity contribution in [2.75, 3.05) is 12.5 Å². The number of aliphatic hydroxyl groups is 1. The van der Waals surface area contributed by atoms with Crippen LogP contribution in [-0.2, 0) is 13.2 Å². The fourth-order valence-electron chi connectivity index (χ4n) is 1.49. The van der Waals surface area contributed by atoms with Crippen molar-refractivity contribution in [3.63, 3.8) is 0 Å². The Balaban J connectivity index is 2.11. The summed E-state index contributed by atoms with van der Waals surface area (Å²) in [5.74, 6) is 6.45. The molecule has 0 atom stereocenters. The lowest BCUT2D eigenvalue weighted by molar-refractivity contribution is 0.272. The van der Waals surface area contributed by atoms with Crippen LogP contribution in [0.3, 0.4) is 0 Å². The van der Waals surface area contributed by atoms with Crippen LogP contribution in [-0.4, -0.2) is 21.8 Å². The Labute approximate surface area is 114 Å². The van der Waals surface area contributed by atoms with E-state index in [0.717, 1.165) is 17.1 Å². The monoisotopic (exact) mass is 282 g/mol. The number of rotatable bonds is 6. The molecule has 0 saturated carbocycles. The molecule has 0 amide bonds. The first-order valence-corrected chi connectivity index (χ1v) is 6.24. The molecular formula is C11H14N4O3S. The van der Waals surface area contributed by atoms with Crippen molar-refractivity contribution in [3.8, 4) is 11.5 Å². The molecule has 1 aromatic carbocycles. The smallest absolute Gasteiger partial charge is 0.161 e. The Hall–Kier alpha value is -1.90. The molecule has 2 aromatic rings. The number of benzene rings is 1. The molecule has 0 aliphatic heterocycles. The maximum atomic E-state index is 9.06. The molecule has 0 aliphatic rings. The highest BCUT2D eigenvalue weighted by atomic mass is 32.1. The van der Waals surface area contributed by atoms with E-state index in [1.807, 2.05) is 0 Å². The molecule has 1 aromatic heterocycles. The minimum absolute atomic E-state index is 0.0477. The molecule has 0 unspecified atom stereocenters. The average molecular weight is 282 g/mol. The van der Waals surface area contributed by atoms with Crippen LogP contribution in [0.25, 0.3) is 0 Å². The molecule has 0 saturated heterocycles. The van der Waals surface area contributed by atoms with Gasteiger partial charge in [-0.2, -0.15) is 0 Å². The Morgan fingerprint density at radius 2 is 2.26 bits per heavy atom. The van der Waals surface area contributed by atoms with E-state index >= 15 is 0 Å². The van der Waals surface area contributed by atoms with Crippen LogP contribution in [0.15, 0.2) is 18.2 Å². The molecule has 0 radical (unpaired) electrons. The van der Waals surface area contributed by atoms with Gasteiger partial charge in [-0.1, -0.05) is 10.6 Å². The molecule has 102 valence electrons. The lowest BCUT2D eigenvalue weighted by Crippen LogP contribution is -2.08. The summed E-state index contributed by atoms with van der Waals surface area (Å²) in [5.41, 5.74) is 3.89. The Morgan fingerprint density at radius 1 is 1.42 bits per heavy atom. The summed E-state index contributed by atoms with van der Waals surface area (Å²) in [6.45, 7) is 0.179. The third-order valence-corrected chi connectivity index (χ3v) is 3.16. The fourth-order valence-corrected chi connectivity index (χ4v) is 1.97. The van der Waals surface area contributed by atoms with Crippen molar-refractivity contribution in [3.05, 3.63) is 29.5 Å². The van der Waals surface area contributed by atoms with Gasteiger partial charge in [0, 0.05) is 11.5 Å². The quantitative estimate of drug-likeness (QED) is 0.534. The van der Waals surface area contributed by atoms with Crippen molar-refractivity contribution >= 4 is 16.5 Å². The minimum atomic E-state index is -0.0477. The van der Waals surface area contributed by atoms with Crippen LogP contribution in [0.4, 0.5) is 5.00 Å². The first kappa shape index (κ1) is 13.5. The molecule has 0 bridgehead atoms. The first-order chi connectivity index (χ1) is 9.28. The van der Waals surface area contributed by atoms with Crippen molar-refractivity contribution < 1.29 is 14.6 Å². The topological polar surface area (TPSA) is 103 Å². The van der Waals surface area contributed by atoms with Crippen molar-refractivity contribution in [2.24, 2.45) is 5.84 Å². The van der Waals surface area contributed by atoms with E-state index in [2.05, 4.69) is 15.0 Å². The van der Waals surface area contributed by atoms with Gasteiger partial charge in [0.2, 0.25) is 0 Å². The number of ether oxygens (including phenoxy) is 2. The number of aliphatic hydroxyl groups excluding tert-OH is 1. The lowest BCUT2D eigenvalue weighted by Gasteiger charge is -2.11. The molecule has 1 heterocycles. The van der Waals surface area contributed by atoms with Crippen molar-refractivity contribution in [1.82, 2.24) is 9.59 Å². The number of aromatic nitrogens is 2. The van der Waals surface area contributed by atoms with Crippen LogP contribution in [0.2, 0.25) is 0 Å². The predicted molar refractivity (Wildman–Crippen MR) is 71.0 cm³/mol. The van der Waals surface area contributed by atoms with Crippen LogP contribution in [0.1, 0.15) is 11.3 Å². The van der Waals surface area contributed by atoms with Gasteiger partial charge in [0.1, 0.15) is 12.3 Å². The molecule has 7 nitrogen and oxygen atoms in total. The summed E-state index contributed by atoms with van der Waals surface area (Å²) >= 11 is 1.16. The fraction of sp³-hybridized carbons (Fsp3) is 0.273. The van der Waals surface area contributed by atoms with E-state index in [9.17, 15) is 0 Å². The second kappa shape index (κ2) is 6.32. The summed E-state index contributed by atoms with van der Waals surface area (Å²) in [6.07, 6.45) is 0. The Morgan fingerprint density at radius 3 is 2.95 bits per heavy atom. The molecule has 0 fully saturated rings. The van der Waals surface area contributed by atoms with Gasteiger partial charge < -0.3 is 20.0 Å². The average Bonchev–Trinajstić information content (AvgIpc) is 2.92. The number of methoxy groups -OCH3 is 1. The number of nitrogen functional groups attached to an aromatic ring is 1. The van der Waals surface area contributed by atoms with Crippen molar-refractivity contribution in [2.45, 2.75) is 13.2 Å². The van der Waals surface area contributed by atoms with Crippen molar-refractivity contribution in [1.29, 1.82) is 0 Å². The zero-order valence-electron chi connectivity index (χ0n) is 10.3. The zero-order valence-corrected chi connectivity index (χ0v) is 11.1. The van der Waals surface area contributed by atoms with Gasteiger partial charge in [-0.15, -0.1) is 5.10 Å². The zero-order chi connectivity index (χ0) is 13.7. The number of nitrogens with zero attached hydrogens (tertiary/aromatic N) is 2. The maximum Gasteiger partial charge on any atom is 0.161 e. The number of hydrazine groups is 1. The molecule has 8 heteroatoms. The SMILES string of the molecule is COc1cc(CO)ccc1OCc1nnsc1NN. The largest absolute Gasteiger partial charge is 0.493 e. The number of hydrogen-bond donors (Lipinski definition) is 3. The van der Waals surface area contributed by atoms with Crippen LogP contribution < -0.4 is 20.7 Å². The Bertz CT molecular complexity index is 546. The summed E-state index contributed by atoms with van der Waals surface area (Å²) < 4.78 is 14.6. The second-order valence-corrected chi connectivity index (χ2v) is 4.38. The van der Waals surface area contributed by atoms with E-state index in [1.54, 1.807) is 25.3 Å². The van der Waals surface area contributed by atoms with Gasteiger partial charge in [0.25, 0.3) is 0 Å². The summed E-state index contributed by atoms with van der Waals surface area (Å²) in [5, 5.41) is 13.6. The summed E-state index contributed by atoms with van der Waals surface area (Å²) in [6, 6.07) is 5.22. The van der Waals surface area contributed by atoms with E-state index in [1.165, 1.54) is 0 Å². The van der Waals surface area contributed by atoms with Gasteiger partial charge in [0.15, 0.2) is 16.5 Å². The molecule has 0 aliphatic carbocycles. The predicted octanol–water partition coefficient (Wildman–Crippen LogP) is 0.904. The van der Waals surface area contributed by atoms with E-state index in [4.69, 9.17) is 20.4 Å². The number of hydrogen-bond acceptors (Lipinski definition) is 8. The van der Waals surface area contributed by atoms with Gasteiger partial charge >= 0.3 is 0 Å². The lowest BCUT2D eigenvalue weighted by atomic mass is 10.2. The third-order valence-electron chi connectivity index (χ3n) is 2.46. The number of nitrogens with two attached hydrogens (primary N) is 1. The number of anilines is 1. The molecule has 0 spiro atoms. The first-order valence-electron chi connectivity index (χ1n) is 5.47. The third kappa shape index (κ3) is 3.11. The highest BCUT2D eigenvalue weighted by Crippen LogP contribution is 2.29. The van der Waals surface area contributed by atoms with Crippen LogP contribution in [0, 0.1) is 0 Å². The number of nitrogens with one attached hydrogen (secondary N) is 1. The van der Waals surface area contributed by atoms with E-state index in [-0.39, 0.29) is 13.2 Å². The van der Waals surface area contributed by atoms with E-state index < -0.39 is 0 Å². The second-order valence-electron chi connectivity index (χ2n) is 3.63. The summed E-state index contributed by atoms with van der Waals surface area (Å²) in [7, 11) is 1.54. The van der Waals surface area contributed by atoms with Gasteiger partial charge in [-0.3, -0.25) is 0 Å². The minimum Gasteiger partial charge on any atom is -0.493 e. The van der Waals surface area contributed by atoms with Gasteiger partial charge in [-0.05, 0) is 17.7 Å². The Kier molecular flexibility index (Phi) is 4.50. The maximum absolute atomic E-state index is 9.06. The van der Waals surface area contributed by atoms with E-state index in [0.29, 0.717) is 22.2 Å². The van der Waals surface area contributed by atoms with Crippen LogP contribution >= 0.6 is 11.5 Å². The van der Waals surface area contributed by atoms with Gasteiger partial charge in [0.05, 0.1) is 13.7 Å².